The SMILES string of the molecule is CC1(C)OB(C(=Cc2ccnc(Cl)c2)CN)OC1(C)C. The van der Waals surface area contributed by atoms with Crippen molar-refractivity contribution in [1.29, 1.82) is 0 Å². The number of halogens is 1. The van der Waals surface area contributed by atoms with E-state index in [2.05, 4.69) is 4.98 Å². The van der Waals surface area contributed by atoms with Crippen molar-refractivity contribution in [3.63, 3.8) is 0 Å². The number of rotatable bonds is 3. The van der Waals surface area contributed by atoms with Crippen LogP contribution in [0.3, 0.4) is 0 Å². The highest BCUT2D eigenvalue weighted by molar-refractivity contribution is 6.55. The zero-order valence-electron chi connectivity index (χ0n) is 12.3. The molecule has 1 aliphatic rings. The second kappa shape index (κ2) is 5.49. The van der Waals surface area contributed by atoms with Gasteiger partial charge in [0.1, 0.15) is 5.15 Å². The van der Waals surface area contributed by atoms with Gasteiger partial charge < -0.3 is 15.0 Å². The number of nitrogens with zero attached hydrogens (tertiary/aromatic N) is 1. The van der Waals surface area contributed by atoms with Crippen LogP contribution >= 0.6 is 11.6 Å². The van der Waals surface area contributed by atoms with E-state index in [9.17, 15) is 0 Å². The summed E-state index contributed by atoms with van der Waals surface area (Å²) in [4.78, 5) is 3.96. The molecule has 1 aromatic rings. The summed E-state index contributed by atoms with van der Waals surface area (Å²) in [7, 11) is -0.433. The largest absolute Gasteiger partial charge is 0.491 e. The van der Waals surface area contributed by atoms with Gasteiger partial charge in [0.25, 0.3) is 0 Å². The lowest BCUT2D eigenvalue weighted by atomic mass is 9.77. The zero-order valence-corrected chi connectivity index (χ0v) is 13.1. The van der Waals surface area contributed by atoms with E-state index in [4.69, 9.17) is 26.6 Å². The van der Waals surface area contributed by atoms with Crippen molar-refractivity contribution in [1.82, 2.24) is 4.98 Å². The summed E-state index contributed by atoms with van der Waals surface area (Å²) in [6, 6.07) is 3.65. The fourth-order valence-corrected chi connectivity index (χ4v) is 2.12. The minimum Gasteiger partial charge on any atom is -0.400 e. The Morgan fingerprint density at radius 1 is 1.35 bits per heavy atom. The van der Waals surface area contributed by atoms with Gasteiger partial charge >= 0.3 is 7.12 Å². The Kier molecular flexibility index (Phi) is 4.26. The Bertz CT molecular complexity index is 516. The normalized spacial score (nSPS) is 21.3. The van der Waals surface area contributed by atoms with Gasteiger partial charge in [-0.05, 0) is 50.9 Å². The second-order valence-electron chi connectivity index (χ2n) is 5.92. The predicted molar refractivity (Wildman–Crippen MR) is 82.4 cm³/mol. The highest BCUT2D eigenvalue weighted by Gasteiger charge is 2.52. The Labute approximate surface area is 125 Å². The number of hydrogen-bond donors (Lipinski definition) is 1. The van der Waals surface area contributed by atoms with Crippen LogP contribution in [-0.2, 0) is 9.31 Å². The summed E-state index contributed by atoms with van der Waals surface area (Å²) in [6.07, 6.45) is 3.60. The van der Waals surface area contributed by atoms with Crippen molar-refractivity contribution < 1.29 is 9.31 Å². The molecule has 0 amide bonds. The van der Waals surface area contributed by atoms with Gasteiger partial charge in [0.05, 0.1) is 11.2 Å². The lowest BCUT2D eigenvalue weighted by Gasteiger charge is -2.32. The number of aromatic nitrogens is 1. The first-order valence-electron chi connectivity index (χ1n) is 6.63. The summed E-state index contributed by atoms with van der Waals surface area (Å²) >= 11 is 5.89. The van der Waals surface area contributed by atoms with Gasteiger partial charge in [-0.2, -0.15) is 0 Å². The van der Waals surface area contributed by atoms with E-state index < -0.39 is 7.12 Å². The van der Waals surface area contributed by atoms with Gasteiger partial charge in [-0.15, -0.1) is 0 Å². The maximum absolute atomic E-state index is 6.00. The Hall–Kier alpha value is -0.875. The molecule has 1 saturated heterocycles. The third kappa shape index (κ3) is 3.06. The van der Waals surface area contributed by atoms with Gasteiger partial charge in [0.2, 0.25) is 0 Å². The summed E-state index contributed by atoms with van der Waals surface area (Å²) in [5.74, 6) is 0. The molecule has 0 spiro atoms. The summed E-state index contributed by atoms with van der Waals surface area (Å²) in [5.41, 5.74) is 6.90. The average Bonchev–Trinajstić information content (AvgIpc) is 2.55. The van der Waals surface area contributed by atoms with E-state index in [1.807, 2.05) is 39.8 Å². The van der Waals surface area contributed by atoms with Gasteiger partial charge in [-0.25, -0.2) is 4.98 Å². The minimum atomic E-state index is -0.433. The lowest BCUT2D eigenvalue weighted by Crippen LogP contribution is -2.41. The molecule has 2 heterocycles. The van der Waals surface area contributed by atoms with Crippen LogP contribution in [0.25, 0.3) is 6.08 Å². The molecule has 0 aromatic carbocycles. The van der Waals surface area contributed by atoms with Gasteiger partial charge in [0.15, 0.2) is 0 Å². The topological polar surface area (TPSA) is 57.4 Å². The molecule has 20 heavy (non-hydrogen) atoms. The molecule has 0 radical (unpaired) electrons. The van der Waals surface area contributed by atoms with Crippen LogP contribution in [0.1, 0.15) is 33.3 Å². The smallest absolute Gasteiger partial charge is 0.400 e. The third-order valence-corrected chi connectivity index (χ3v) is 4.10. The molecule has 4 nitrogen and oxygen atoms in total. The van der Waals surface area contributed by atoms with E-state index in [-0.39, 0.29) is 11.2 Å². The third-order valence-electron chi connectivity index (χ3n) is 3.89. The first-order chi connectivity index (χ1) is 9.25. The summed E-state index contributed by atoms with van der Waals surface area (Å²) in [5, 5.41) is 0.448. The van der Waals surface area contributed by atoms with E-state index >= 15 is 0 Å². The Morgan fingerprint density at radius 2 is 1.95 bits per heavy atom. The van der Waals surface area contributed by atoms with E-state index in [1.165, 1.54) is 0 Å². The molecule has 2 rings (SSSR count). The van der Waals surface area contributed by atoms with Crippen molar-refractivity contribution in [2.45, 2.75) is 38.9 Å². The quantitative estimate of drug-likeness (QED) is 0.688. The van der Waals surface area contributed by atoms with E-state index in [1.54, 1.807) is 12.3 Å². The first kappa shape index (κ1) is 15.5. The molecule has 1 aliphatic heterocycles. The Morgan fingerprint density at radius 3 is 2.45 bits per heavy atom. The van der Waals surface area contributed by atoms with E-state index in [0.29, 0.717) is 11.7 Å². The van der Waals surface area contributed by atoms with Crippen LogP contribution in [0, 0.1) is 0 Å². The number of nitrogens with two attached hydrogens (primary N) is 1. The van der Waals surface area contributed by atoms with Crippen molar-refractivity contribution >= 4 is 24.8 Å². The minimum absolute atomic E-state index is 0.358. The van der Waals surface area contributed by atoms with Crippen molar-refractivity contribution in [2.24, 2.45) is 5.73 Å². The Balaban J connectivity index is 2.26. The molecule has 0 unspecified atom stereocenters. The van der Waals surface area contributed by atoms with Gasteiger partial charge in [0, 0.05) is 12.7 Å². The summed E-state index contributed by atoms with van der Waals surface area (Å²) in [6.45, 7) is 8.43. The van der Waals surface area contributed by atoms with Gasteiger partial charge in [-0.3, -0.25) is 0 Å². The maximum atomic E-state index is 6.00. The average molecular weight is 295 g/mol. The second-order valence-corrected chi connectivity index (χ2v) is 6.31. The lowest BCUT2D eigenvalue weighted by molar-refractivity contribution is 0.00578. The molecule has 0 saturated carbocycles. The van der Waals surface area contributed by atoms with E-state index in [0.717, 1.165) is 11.0 Å². The molecule has 2 N–H and O–H groups in total. The molecular weight excluding hydrogens is 274 g/mol. The van der Waals surface area contributed by atoms with Crippen LogP contribution in [-0.4, -0.2) is 29.8 Å². The van der Waals surface area contributed by atoms with Crippen LogP contribution in [0.4, 0.5) is 0 Å². The van der Waals surface area contributed by atoms with Gasteiger partial charge in [-0.1, -0.05) is 17.7 Å². The molecule has 0 aliphatic carbocycles. The molecule has 1 fully saturated rings. The van der Waals surface area contributed by atoms with Crippen LogP contribution < -0.4 is 5.73 Å². The monoisotopic (exact) mass is 294 g/mol. The maximum Gasteiger partial charge on any atom is 0.491 e. The molecule has 1 aromatic heterocycles. The van der Waals surface area contributed by atoms with Crippen molar-refractivity contribution in [2.75, 3.05) is 6.54 Å². The van der Waals surface area contributed by atoms with Crippen LogP contribution in [0.15, 0.2) is 23.8 Å². The van der Waals surface area contributed by atoms with Crippen LogP contribution in [0.5, 0.6) is 0 Å². The molecule has 0 bridgehead atoms. The fourth-order valence-electron chi connectivity index (χ4n) is 1.94. The molecular formula is C14H20BClN2O2. The highest BCUT2D eigenvalue weighted by atomic mass is 35.5. The number of pyridine rings is 1. The standard InChI is InChI=1S/C14H20BClN2O2/c1-13(2)14(3,4)20-15(19-13)11(9-17)7-10-5-6-18-12(16)8-10/h5-8H,9,17H2,1-4H3. The predicted octanol–water partition coefficient (Wildman–Crippen LogP) is 2.71. The van der Waals surface area contributed by atoms with Crippen molar-refractivity contribution in [3.8, 4) is 0 Å². The summed E-state index contributed by atoms with van der Waals surface area (Å²) < 4.78 is 12.0. The molecule has 108 valence electrons. The van der Waals surface area contributed by atoms with Crippen LogP contribution in [0.2, 0.25) is 5.15 Å². The molecule has 6 heteroatoms. The van der Waals surface area contributed by atoms with Crippen molar-refractivity contribution in [3.05, 3.63) is 34.5 Å². The number of hydrogen-bond acceptors (Lipinski definition) is 4. The first-order valence-corrected chi connectivity index (χ1v) is 7.01. The highest BCUT2D eigenvalue weighted by Crippen LogP contribution is 2.38. The zero-order chi connectivity index (χ0) is 15.0. The fraction of sp³-hybridized carbons (Fsp3) is 0.500. The molecule has 0 atom stereocenters.